The number of aldehydes is 1. The maximum Gasteiger partial charge on any atom is 0.466 e. The molecule has 0 aliphatic carbocycles. The predicted octanol–water partition coefficient (Wildman–Crippen LogP) is -6.11. The number of aliphatic carboxylic acids is 1. The highest BCUT2D eigenvalue weighted by atomic mass is 31.2. The molecule has 0 rings (SSSR count). The molecule has 0 saturated heterocycles. The van der Waals surface area contributed by atoms with E-state index in [2.05, 4.69) is 0 Å². The first-order valence-corrected chi connectivity index (χ1v) is 9.17. The average Bonchev–Trinajstić information content (AvgIpc) is 2.48. The van der Waals surface area contributed by atoms with E-state index in [-0.39, 0.29) is 12.7 Å². The molecule has 0 aliphatic heterocycles. The van der Waals surface area contributed by atoms with Gasteiger partial charge in [-0.15, -0.1) is 0 Å². The summed E-state index contributed by atoms with van der Waals surface area (Å²) in [6.07, 6.45) is -7.93. The smallest absolute Gasteiger partial charge is 0.466 e. The highest BCUT2D eigenvalue weighted by Gasteiger charge is 2.29. The first-order valence-electron chi connectivity index (χ1n) is 7.60. The Bertz CT molecular complexity index is 469. The van der Waals surface area contributed by atoms with E-state index in [1.165, 1.54) is 0 Å². The topological polar surface area (TPSA) is 256 Å². The van der Waals surface area contributed by atoms with Gasteiger partial charge < -0.3 is 64.5 Å². The minimum atomic E-state index is -4.64. The largest absolute Gasteiger partial charge is 0.550 e. The molecular formula is C13H30NO13P. The number of hydrogen-bond acceptors (Lipinski definition) is 10. The number of carboxylic acids is 1. The number of phosphoric acid groups is 1. The Kier molecular flexibility index (Phi) is 16.8. The molecule has 0 unspecified atom stereocenters. The Hall–Kier alpha value is -1.03. The number of likely N-dealkylation sites (N-methyl/N-ethyl adjacent to an activating group) is 1. The zero-order valence-corrected chi connectivity index (χ0v) is 16.5. The van der Waals surface area contributed by atoms with Gasteiger partial charge in [0.15, 0.2) is 6.29 Å². The predicted molar refractivity (Wildman–Crippen MR) is 90.0 cm³/mol. The lowest BCUT2D eigenvalue weighted by Crippen LogP contribution is -2.46. The second kappa shape index (κ2) is 14.9. The fourth-order valence-electron chi connectivity index (χ4n) is 1.51. The molecule has 28 heavy (non-hydrogen) atoms. The van der Waals surface area contributed by atoms with Crippen LogP contribution >= 0.6 is 7.82 Å². The van der Waals surface area contributed by atoms with Crippen LogP contribution in [0.5, 0.6) is 0 Å². The fourth-order valence-corrected chi connectivity index (χ4v) is 1.51. The van der Waals surface area contributed by atoms with Gasteiger partial charge in [-0.05, 0) is 0 Å². The molecule has 0 aliphatic rings. The van der Waals surface area contributed by atoms with Crippen molar-refractivity contribution in [3.05, 3.63) is 0 Å². The zero-order valence-electron chi connectivity index (χ0n) is 15.6. The van der Waals surface area contributed by atoms with Crippen molar-refractivity contribution in [2.45, 2.75) is 36.9 Å². The number of nitrogens with zero attached hydrogens (tertiary/aromatic N) is 1. The van der Waals surface area contributed by atoms with E-state index in [0.29, 0.717) is 11.0 Å². The first kappa shape index (κ1) is 31.7. The maximum atomic E-state index is 10.0. The quantitative estimate of drug-likeness (QED) is 0.0921. The van der Waals surface area contributed by atoms with Crippen molar-refractivity contribution < 1.29 is 69.1 Å². The van der Waals surface area contributed by atoms with Crippen LogP contribution in [0.3, 0.4) is 0 Å². The van der Waals surface area contributed by atoms with Crippen LogP contribution in [0.25, 0.3) is 0 Å². The molecule has 0 heterocycles. The van der Waals surface area contributed by atoms with Crippen molar-refractivity contribution in [1.82, 2.24) is 0 Å². The number of carbonyl (C=O) groups is 2. The number of aliphatic hydroxyl groups is 6. The van der Waals surface area contributed by atoms with Crippen LogP contribution in [0.15, 0.2) is 0 Å². The standard InChI is InChI=1S/C7H15NO3.C6H12O6.H3O4P/c1-8(2,3)5-6(9)4-7(10)11;7-1-3(9)5(11)6(12)4(10)2-8;1-5(2,3)4/h6,9H,4-5H2,1-3H3;1,3-6,8-12H,2H2;(H3,1,2,3,4)/t6-;3-,4+,5+,6+;/m10./s1. The van der Waals surface area contributed by atoms with Crippen molar-refractivity contribution in [2.75, 3.05) is 34.3 Å². The molecule has 0 saturated carbocycles. The van der Waals surface area contributed by atoms with Crippen molar-refractivity contribution in [3.63, 3.8) is 0 Å². The molecule has 0 radical (unpaired) electrons. The van der Waals surface area contributed by atoms with Crippen LogP contribution in [0, 0.1) is 0 Å². The highest BCUT2D eigenvalue weighted by Crippen LogP contribution is 2.25. The van der Waals surface area contributed by atoms with Crippen LogP contribution in [0.4, 0.5) is 0 Å². The van der Waals surface area contributed by atoms with Gasteiger partial charge in [0.1, 0.15) is 37.1 Å². The molecule has 0 aromatic heterocycles. The lowest BCUT2D eigenvalue weighted by atomic mass is 10.0. The molecule has 0 aromatic carbocycles. The summed E-state index contributed by atoms with van der Waals surface area (Å²) in [5, 5.41) is 62.7. The van der Waals surface area contributed by atoms with Gasteiger partial charge in [-0.1, -0.05) is 0 Å². The Morgan fingerprint density at radius 3 is 1.68 bits per heavy atom. The summed E-state index contributed by atoms with van der Waals surface area (Å²) in [5.41, 5.74) is 0. The summed E-state index contributed by atoms with van der Waals surface area (Å²) >= 11 is 0. The molecule has 9 N–H and O–H groups in total. The summed E-state index contributed by atoms with van der Waals surface area (Å²) in [6.45, 7) is -0.336. The molecular weight excluding hydrogens is 409 g/mol. The summed E-state index contributed by atoms with van der Waals surface area (Å²) in [5.74, 6) is -1.20. The van der Waals surface area contributed by atoms with Crippen LogP contribution in [-0.4, -0.2) is 127 Å². The Labute approximate surface area is 161 Å². The normalized spacial score (nSPS) is 16.9. The van der Waals surface area contributed by atoms with Crippen LogP contribution in [0.1, 0.15) is 6.42 Å². The number of carboxylic acid groups (broad SMARTS) is 1. The third-order valence-electron chi connectivity index (χ3n) is 2.58. The van der Waals surface area contributed by atoms with Crippen molar-refractivity contribution >= 4 is 20.1 Å². The van der Waals surface area contributed by atoms with Gasteiger partial charge in [0.05, 0.1) is 27.7 Å². The minimum absolute atomic E-state index is 0.0258. The monoisotopic (exact) mass is 439 g/mol. The third-order valence-corrected chi connectivity index (χ3v) is 2.58. The van der Waals surface area contributed by atoms with E-state index in [4.69, 9.17) is 49.9 Å². The molecule has 0 fully saturated rings. The Balaban J connectivity index is -0.000000362. The van der Waals surface area contributed by atoms with Crippen LogP contribution in [-0.2, 0) is 14.2 Å². The molecule has 0 spiro atoms. The van der Waals surface area contributed by atoms with Gasteiger partial charge >= 0.3 is 7.82 Å². The molecule has 0 bridgehead atoms. The van der Waals surface area contributed by atoms with Crippen LogP contribution < -0.4 is 5.11 Å². The number of carbonyl (C=O) groups excluding carboxylic acids is 2. The molecule has 14 nitrogen and oxygen atoms in total. The van der Waals surface area contributed by atoms with E-state index in [9.17, 15) is 14.7 Å². The maximum absolute atomic E-state index is 10.0. The SMILES string of the molecule is C[N+](C)(C)C[C@H](O)CC(=O)[O-].O=C[C@H](O)[C@@H](O)[C@H](O)[C@H](O)CO.O=P(O)(O)O. The highest BCUT2D eigenvalue weighted by molar-refractivity contribution is 7.45. The zero-order chi connectivity index (χ0) is 23.3. The van der Waals surface area contributed by atoms with E-state index in [0.717, 1.165) is 0 Å². The second-order valence-electron chi connectivity index (χ2n) is 6.57. The number of quaternary nitrogens is 1. The van der Waals surface area contributed by atoms with E-state index in [1.807, 2.05) is 21.1 Å². The Morgan fingerprint density at radius 1 is 1.04 bits per heavy atom. The van der Waals surface area contributed by atoms with Crippen molar-refractivity contribution in [1.29, 1.82) is 0 Å². The number of rotatable bonds is 9. The third kappa shape index (κ3) is 25.0. The number of aliphatic hydroxyl groups excluding tert-OH is 6. The summed E-state index contributed by atoms with van der Waals surface area (Å²) < 4.78 is 9.43. The van der Waals surface area contributed by atoms with Gasteiger partial charge in [-0.2, -0.15) is 0 Å². The van der Waals surface area contributed by atoms with Gasteiger partial charge in [-0.3, -0.25) is 0 Å². The molecule has 0 aromatic rings. The number of hydrogen-bond donors (Lipinski definition) is 9. The second-order valence-corrected chi connectivity index (χ2v) is 7.60. The summed E-state index contributed by atoms with van der Waals surface area (Å²) in [4.78, 5) is 41.5. The average molecular weight is 439 g/mol. The van der Waals surface area contributed by atoms with Gasteiger partial charge in [0, 0.05) is 12.4 Å². The van der Waals surface area contributed by atoms with Gasteiger partial charge in [-0.25, -0.2) is 4.57 Å². The Morgan fingerprint density at radius 2 is 1.43 bits per heavy atom. The lowest BCUT2D eigenvalue weighted by molar-refractivity contribution is -0.873. The minimum Gasteiger partial charge on any atom is -0.550 e. The summed E-state index contributed by atoms with van der Waals surface area (Å²) in [6, 6.07) is 0. The lowest BCUT2D eigenvalue weighted by Gasteiger charge is -2.26. The van der Waals surface area contributed by atoms with Crippen molar-refractivity contribution in [3.8, 4) is 0 Å². The molecule has 5 atom stereocenters. The van der Waals surface area contributed by atoms with Crippen LogP contribution in [0.2, 0.25) is 0 Å². The van der Waals surface area contributed by atoms with Gasteiger partial charge in [0.25, 0.3) is 0 Å². The fraction of sp³-hybridized carbons (Fsp3) is 0.846. The van der Waals surface area contributed by atoms with Crippen molar-refractivity contribution in [2.24, 2.45) is 0 Å². The van der Waals surface area contributed by atoms with E-state index >= 15 is 0 Å². The van der Waals surface area contributed by atoms with E-state index in [1.54, 1.807) is 0 Å². The first-order chi connectivity index (χ1) is 12.4. The summed E-state index contributed by atoms with van der Waals surface area (Å²) in [7, 11) is 1.02. The molecule has 0 amide bonds. The molecule has 170 valence electrons. The molecule has 15 heteroatoms. The van der Waals surface area contributed by atoms with Gasteiger partial charge in [0.2, 0.25) is 0 Å². The van der Waals surface area contributed by atoms with E-state index < -0.39 is 50.9 Å².